The van der Waals surface area contributed by atoms with Gasteiger partial charge in [0.2, 0.25) is 0 Å². The highest BCUT2D eigenvalue weighted by Crippen LogP contribution is 2.40. The number of hydrogen-bond acceptors (Lipinski definition) is 3. The van der Waals surface area contributed by atoms with Crippen molar-refractivity contribution in [2.45, 2.75) is 6.92 Å². The van der Waals surface area contributed by atoms with Crippen LogP contribution in [0.15, 0.2) is 24.3 Å². The Morgan fingerprint density at radius 3 is 3.05 bits per heavy atom. The molecule has 0 atom stereocenters. The lowest BCUT2D eigenvalue weighted by molar-refractivity contribution is -0.132. The molecule has 0 bridgehead atoms. The predicted molar refractivity (Wildman–Crippen MR) is 73.0 cm³/mol. The van der Waals surface area contributed by atoms with Gasteiger partial charge < -0.3 is 14.6 Å². The molecule has 19 heavy (non-hydrogen) atoms. The molecule has 0 aromatic heterocycles. The number of carbonyl (C=O) groups is 1. The summed E-state index contributed by atoms with van der Waals surface area (Å²) in [6.45, 7) is 5.75. The van der Waals surface area contributed by atoms with Gasteiger partial charge >= 0.3 is 5.97 Å². The van der Waals surface area contributed by atoms with Crippen molar-refractivity contribution in [3.8, 4) is 11.5 Å². The molecule has 100 valence electrons. The number of benzene rings is 1. The van der Waals surface area contributed by atoms with Gasteiger partial charge in [0.1, 0.15) is 24.7 Å². The van der Waals surface area contributed by atoms with E-state index in [1.165, 1.54) is 0 Å². The van der Waals surface area contributed by atoms with Crippen LogP contribution in [0.1, 0.15) is 11.1 Å². The van der Waals surface area contributed by atoms with Crippen LogP contribution in [0.3, 0.4) is 0 Å². The highest BCUT2D eigenvalue weighted by atomic mass is 35.5. The van der Waals surface area contributed by atoms with Crippen molar-refractivity contribution in [1.82, 2.24) is 0 Å². The van der Waals surface area contributed by atoms with Gasteiger partial charge in [-0.25, -0.2) is 4.79 Å². The van der Waals surface area contributed by atoms with Crippen LogP contribution in [-0.2, 0) is 4.79 Å². The SMILES string of the molecule is C=CCOc1c(Cl)cc2c(c1C)C=C(C(=O)O)CO2. The fraction of sp³-hybridized carbons (Fsp3) is 0.214. The Morgan fingerprint density at radius 1 is 1.68 bits per heavy atom. The summed E-state index contributed by atoms with van der Waals surface area (Å²) in [6.07, 6.45) is 3.21. The van der Waals surface area contributed by atoms with Gasteiger partial charge in [0.05, 0.1) is 10.6 Å². The minimum atomic E-state index is -0.992. The molecule has 1 aliphatic heterocycles. The molecule has 0 fully saturated rings. The van der Waals surface area contributed by atoms with Crippen molar-refractivity contribution in [1.29, 1.82) is 0 Å². The Balaban J connectivity index is 2.51. The number of aliphatic carboxylic acids is 1. The van der Waals surface area contributed by atoms with Gasteiger partial charge in [0.15, 0.2) is 0 Å². The van der Waals surface area contributed by atoms with Crippen molar-refractivity contribution in [3.05, 3.63) is 40.4 Å². The first kappa shape index (κ1) is 13.5. The third-order valence-electron chi connectivity index (χ3n) is 2.81. The van der Waals surface area contributed by atoms with E-state index in [-0.39, 0.29) is 12.2 Å². The molecule has 5 heteroatoms. The third-order valence-corrected chi connectivity index (χ3v) is 3.09. The zero-order chi connectivity index (χ0) is 14.0. The van der Waals surface area contributed by atoms with Crippen molar-refractivity contribution < 1.29 is 19.4 Å². The Hall–Kier alpha value is -1.94. The van der Waals surface area contributed by atoms with Crippen LogP contribution in [0.5, 0.6) is 11.5 Å². The molecule has 1 aliphatic rings. The van der Waals surface area contributed by atoms with Crippen LogP contribution >= 0.6 is 11.6 Å². The smallest absolute Gasteiger partial charge is 0.335 e. The number of rotatable bonds is 4. The molecule has 1 aromatic carbocycles. The molecule has 0 amide bonds. The molecule has 0 radical (unpaired) electrons. The summed E-state index contributed by atoms with van der Waals surface area (Å²) >= 11 is 6.12. The summed E-state index contributed by atoms with van der Waals surface area (Å²) in [7, 11) is 0. The molecule has 1 heterocycles. The summed E-state index contributed by atoms with van der Waals surface area (Å²) in [5, 5.41) is 9.44. The molecular formula is C14H13ClO4. The lowest BCUT2D eigenvalue weighted by Gasteiger charge is -2.20. The number of carboxylic acids is 1. The molecule has 0 saturated heterocycles. The van der Waals surface area contributed by atoms with Crippen LogP contribution in [0, 0.1) is 6.92 Å². The second-order valence-corrected chi connectivity index (χ2v) is 4.49. The van der Waals surface area contributed by atoms with E-state index in [0.29, 0.717) is 28.7 Å². The van der Waals surface area contributed by atoms with E-state index >= 15 is 0 Å². The summed E-state index contributed by atoms with van der Waals surface area (Å²) in [5.41, 5.74) is 1.64. The van der Waals surface area contributed by atoms with E-state index in [4.69, 9.17) is 26.2 Å². The number of carboxylic acid groups (broad SMARTS) is 1. The standard InChI is InChI=1S/C14H13ClO4/c1-3-4-18-13-8(2)10-5-9(14(16)17)7-19-12(10)6-11(13)15/h3,5-6H,1,4,7H2,2H3,(H,16,17). The van der Waals surface area contributed by atoms with Crippen molar-refractivity contribution in [2.24, 2.45) is 0 Å². The first-order chi connectivity index (χ1) is 9.04. The fourth-order valence-corrected chi connectivity index (χ4v) is 2.15. The molecule has 0 unspecified atom stereocenters. The maximum atomic E-state index is 11.0. The van der Waals surface area contributed by atoms with Gasteiger partial charge in [-0.2, -0.15) is 0 Å². The van der Waals surface area contributed by atoms with Crippen LogP contribution in [0.25, 0.3) is 6.08 Å². The molecule has 0 aliphatic carbocycles. The number of ether oxygens (including phenoxy) is 2. The zero-order valence-electron chi connectivity index (χ0n) is 10.4. The second kappa shape index (κ2) is 5.36. The minimum absolute atomic E-state index is 0.0327. The lowest BCUT2D eigenvalue weighted by Crippen LogP contribution is -2.15. The largest absolute Gasteiger partial charge is 0.488 e. The minimum Gasteiger partial charge on any atom is -0.488 e. The maximum absolute atomic E-state index is 11.0. The quantitative estimate of drug-likeness (QED) is 0.861. The zero-order valence-corrected chi connectivity index (χ0v) is 11.2. The lowest BCUT2D eigenvalue weighted by atomic mass is 10.0. The van der Waals surface area contributed by atoms with Crippen LogP contribution in [0.4, 0.5) is 0 Å². The maximum Gasteiger partial charge on any atom is 0.335 e. The van der Waals surface area contributed by atoms with Crippen LogP contribution in [0.2, 0.25) is 5.02 Å². The van der Waals surface area contributed by atoms with Crippen LogP contribution < -0.4 is 9.47 Å². The highest BCUT2D eigenvalue weighted by molar-refractivity contribution is 6.32. The van der Waals surface area contributed by atoms with Gasteiger partial charge in [-0.1, -0.05) is 24.3 Å². The van der Waals surface area contributed by atoms with Gasteiger partial charge in [0.25, 0.3) is 0 Å². The summed E-state index contributed by atoms with van der Waals surface area (Å²) in [5.74, 6) is 0.0961. The van der Waals surface area contributed by atoms with Crippen molar-refractivity contribution in [3.63, 3.8) is 0 Å². The van der Waals surface area contributed by atoms with E-state index in [1.54, 1.807) is 18.2 Å². The summed E-state index contributed by atoms with van der Waals surface area (Å²) in [4.78, 5) is 11.0. The topological polar surface area (TPSA) is 55.8 Å². The van der Waals surface area contributed by atoms with Crippen LogP contribution in [-0.4, -0.2) is 24.3 Å². The molecule has 2 rings (SSSR count). The number of hydrogen-bond donors (Lipinski definition) is 1. The molecule has 1 N–H and O–H groups in total. The van der Waals surface area contributed by atoms with E-state index in [0.717, 1.165) is 5.56 Å². The third kappa shape index (κ3) is 2.58. The second-order valence-electron chi connectivity index (χ2n) is 4.09. The van der Waals surface area contributed by atoms with E-state index in [2.05, 4.69) is 6.58 Å². The monoisotopic (exact) mass is 280 g/mol. The van der Waals surface area contributed by atoms with Gasteiger partial charge in [-0.3, -0.25) is 0 Å². The van der Waals surface area contributed by atoms with Gasteiger partial charge in [-0.15, -0.1) is 0 Å². The molecule has 4 nitrogen and oxygen atoms in total. The molecular weight excluding hydrogens is 268 g/mol. The van der Waals surface area contributed by atoms with E-state index in [1.807, 2.05) is 6.92 Å². The summed E-state index contributed by atoms with van der Waals surface area (Å²) in [6, 6.07) is 1.64. The highest BCUT2D eigenvalue weighted by Gasteiger charge is 2.21. The van der Waals surface area contributed by atoms with Crippen molar-refractivity contribution >= 4 is 23.6 Å². The first-order valence-corrected chi connectivity index (χ1v) is 6.06. The predicted octanol–water partition coefficient (Wildman–Crippen LogP) is 3.07. The van der Waals surface area contributed by atoms with E-state index in [9.17, 15) is 4.79 Å². The Morgan fingerprint density at radius 2 is 2.42 bits per heavy atom. The van der Waals surface area contributed by atoms with E-state index < -0.39 is 5.97 Å². The molecule has 0 spiro atoms. The molecule has 1 aromatic rings. The number of fused-ring (bicyclic) bond motifs is 1. The average molecular weight is 281 g/mol. The summed E-state index contributed by atoms with van der Waals surface area (Å²) < 4.78 is 10.9. The normalized spacial score (nSPS) is 13.1. The Labute approximate surface area is 115 Å². The number of halogens is 1. The fourth-order valence-electron chi connectivity index (χ4n) is 1.86. The van der Waals surface area contributed by atoms with Crippen molar-refractivity contribution in [2.75, 3.05) is 13.2 Å². The Kier molecular flexibility index (Phi) is 3.81. The molecule has 0 saturated carbocycles. The average Bonchev–Trinajstić information content (AvgIpc) is 2.38. The Bertz CT molecular complexity index is 575. The first-order valence-electron chi connectivity index (χ1n) is 5.68. The van der Waals surface area contributed by atoms with Gasteiger partial charge in [-0.05, 0) is 13.0 Å². The van der Waals surface area contributed by atoms with Gasteiger partial charge in [0, 0.05) is 17.2 Å².